The van der Waals surface area contributed by atoms with Gasteiger partial charge in [0.05, 0.1) is 7.11 Å². The van der Waals surface area contributed by atoms with Gasteiger partial charge in [-0.25, -0.2) is 0 Å². The molecule has 1 heterocycles. The van der Waals surface area contributed by atoms with Crippen molar-refractivity contribution in [1.29, 1.82) is 0 Å². The first kappa shape index (κ1) is 18.9. The molecule has 2 rings (SSSR count). The van der Waals surface area contributed by atoms with Crippen LogP contribution in [0.3, 0.4) is 0 Å². The molecule has 0 radical (unpaired) electrons. The first-order valence-corrected chi connectivity index (χ1v) is 8.58. The molecule has 1 unspecified atom stereocenters. The van der Waals surface area contributed by atoms with Crippen LogP contribution in [-0.4, -0.2) is 36.2 Å². The number of rotatable bonds is 6. The van der Waals surface area contributed by atoms with E-state index in [1.165, 1.54) is 4.90 Å². The number of ketones is 1. The summed E-state index contributed by atoms with van der Waals surface area (Å²) < 4.78 is 5.09. The van der Waals surface area contributed by atoms with Crippen molar-refractivity contribution in [1.82, 2.24) is 4.90 Å². The molecule has 2 amide bonds. The maximum atomic E-state index is 13.0. The number of likely N-dealkylation sites (tertiary alicyclic amines) is 1. The molecule has 1 saturated heterocycles. The summed E-state index contributed by atoms with van der Waals surface area (Å²) in [7, 11) is 1.55. The molecule has 0 N–H and O–H groups in total. The Morgan fingerprint density at radius 1 is 1.28 bits per heavy atom. The summed E-state index contributed by atoms with van der Waals surface area (Å²) in [6, 6.07) is 6.64. The maximum Gasteiger partial charge on any atom is 0.260 e. The zero-order valence-electron chi connectivity index (χ0n) is 14.9. The fourth-order valence-corrected chi connectivity index (χ4v) is 3.11. The van der Waals surface area contributed by atoms with E-state index < -0.39 is 5.41 Å². The molecule has 0 saturated carbocycles. The third kappa shape index (κ3) is 3.98. The van der Waals surface area contributed by atoms with E-state index in [-0.39, 0.29) is 24.0 Å². The maximum absolute atomic E-state index is 13.0. The smallest absolute Gasteiger partial charge is 0.260 e. The van der Waals surface area contributed by atoms with Crippen LogP contribution in [-0.2, 0) is 9.59 Å². The molecular formula is C20H25NO4. The lowest BCUT2D eigenvalue weighted by atomic mass is 9.78. The van der Waals surface area contributed by atoms with Gasteiger partial charge in [0.1, 0.15) is 16.9 Å². The Kier molecular flexibility index (Phi) is 6.12. The summed E-state index contributed by atoms with van der Waals surface area (Å²) in [6.45, 7) is 5.63. The summed E-state index contributed by atoms with van der Waals surface area (Å²) in [4.78, 5) is 39.7. The van der Waals surface area contributed by atoms with Crippen LogP contribution in [0.4, 0.5) is 0 Å². The van der Waals surface area contributed by atoms with E-state index in [1.807, 2.05) is 0 Å². The number of Topliss-reactive ketones (excluding diaryl/α,β-unsaturated/α-hetero) is 1. The van der Waals surface area contributed by atoms with Gasteiger partial charge >= 0.3 is 0 Å². The van der Waals surface area contributed by atoms with E-state index in [4.69, 9.17) is 4.74 Å². The fraction of sp³-hybridized carbons (Fsp3) is 0.450. The van der Waals surface area contributed by atoms with E-state index in [9.17, 15) is 14.4 Å². The minimum atomic E-state index is -1.14. The summed E-state index contributed by atoms with van der Waals surface area (Å²) in [6.07, 6.45) is 4.41. The number of allylic oxidation sites excluding steroid dienone is 1. The van der Waals surface area contributed by atoms with Crippen molar-refractivity contribution in [2.75, 3.05) is 13.7 Å². The summed E-state index contributed by atoms with van der Waals surface area (Å²) >= 11 is 0. The van der Waals surface area contributed by atoms with Crippen LogP contribution < -0.4 is 4.74 Å². The van der Waals surface area contributed by atoms with Crippen LogP contribution in [0.1, 0.15) is 49.4 Å². The van der Waals surface area contributed by atoms with Crippen LogP contribution in [0.15, 0.2) is 36.9 Å². The Hall–Kier alpha value is -2.43. The van der Waals surface area contributed by atoms with Crippen LogP contribution in [0.25, 0.3) is 0 Å². The highest BCUT2D eigenvalue weighted by Crippen LogP contribution is 2.33. The number of amides is 2. The van der Waals surface area contributed by atoms with Crippen molar-refractivity contribution in [3.8, 4) is 5.75 Å². The van der Waals surface area contributed by atoms with Crippen LogP contribution in [0.5, 0.6) is 5.75 Å². The SMILES string of the molecule is C=CCCC(=O)C1(C)CCCCN(C(=O)c2ccc(OC)cc2)C1=O. The molecule has 25 heavy (non-hydrogen) atoms. The van der Waals surface area contributed by atoms with Gasteiger partial charge in [-0.3, -0.25) is 19.3 Å². The Morgan fingerprint density at radius 2 is 1.96 bits per heavy atom. The van der Waals surface area contributed by atoms with Crippen LogP contribution in [0, 0.1) is 5.41 Å². The van der Waals surface area contributed by atoms with Crippen molar-refractivity contribution in [3.63, 3.8) is 0 Å². The molecule has 134 valence electrons. The van der Waals surface area contributed by atoms with E-state index in [0.717, 1.165) is 6.42 Å². The number of imide groups is 1. The Balaban J connectivity index is 2.26. The molecule has 1 aliphatic heterocycles. The topological polar surface area (TPSA) is 63.7 Å². The largest absolute Gasteiger partial charge is 0.497 e. The molecule has 5 nitrogen and oxygen atoms in total. The molecule has 1 aromatic carbocycles. The van der Waals surface area contributed by atoms with Gasteiger partial charge in [0.15, 0.2) is 0 Å². The zero-order chi connectivity index (χ0) is 18.4. The summed E-state index contributed by atoms with van der Waals surface area (Å²) in [5, 5.41) is 0. The number of ether oxygens (including phenoxy) is 1. The first-order valence-electron chi connectivity index (χ1n) is 8.58. The van der Waals surface area contributed by atoms with Gasteiger partial charge in [-0.1, -0.05) is 12.5 Å². The Labute approximate surface area is 148 Å². The van der Waals surface area contributed by atoms with Crippen molar-refractivity contribution in [3.05, 3.63) is 42.5 Å². The minimum absolute atomic E-state index is 0.119. The number of nitrogens with zero attached hydrogens (tertiary/aromatic N) is 1. The predicted octanol–water partition coefficient (Wildman–Crippen LogP) is 3.39. The van der Waals surface area contributed by atoms with Crippen molar-refractivity contribution in [2.24, 2.45) is 5.41 Å². The van der Waals surface area contributed by atoms with E-state index in [0.29, 0.717) is 37.1 Å². The first-order chi connectivity index (χ1) is 11.9. The number of hydrogen-bond donors (Lipinski definition) is 0. The Bertz CT molecular complexity index is 665. The van der Waals surface area contributed by atoms with E-state index in [1.54, 1.807) is 44.4 Å². The standard InChI is InChI=1S/C20H25NO4/c1-4-5-8-17(22)20(2)13-6-7-14-21(19(20)24)18(23)15-9-11-16(25-3)12-10-15/h4,9-12H,1,5-8,13-14H2,2-3H3. The zero-order valence-corrected chi connectivity index (χ0v) is 14.9. The second-order valence-electron chi connectivity index (χ2n) is 6.53. The number of hydrogen-bond acceptors (Lipinski definition) is 4. The minimum Gasteiger partial charge on any atom is -0.497 e. The third-order valence-electron chi connectivity index (χ3n) is 4.80. The molecule has 1 aromatic rings. The second kappa shape index (κ2) is 8.10. The third-order valence-corrected chi connectivity index (χ3v) is 4.80. The van der Waals surface area contributed by atoms with Gasteiger partial charge in [0.2, 0.25) is 5.91 Å². The molecular weight excluding hydrogens is 318 g/mol. The second-order valence-corrected chi connectivity index (χ2v) is 6.53. The lowest BCUT2D eigenvalue weighted by Crippen LogP contribution is -2.48. The summed E-state index contributed by atoms with van der Waals surface area (Å²) in [5.41, 5.74) is -0.723. The average Bonchev–Trinajstić information content (AvgIpc) is 2.79. The van der Waals surface area contributed by atoms with Crippen molar-refractivity contribution < 1.29 is 19.1 Å². The van der Waals surface area contributed by atoms with E-state index >= 15 is 0 Å². The molecule has 0 spiro atoms. The number of carbonyl (C=O) groups excluding carboxylic acids is 3. The van der Waals surface area contributed by atoms with E-state index in [2.05, 4.69) is 6.58 Å². The highest BCUT2D eigenvalue weighted by Gasteiger charge is 2.45. The predicted molar refractivity (Wildman–Crippen MR) is 95.4 cm³/mol. The lowest BCUT2D eigenvalue weighted by molar-refractivity contribution is -0.146. The number of carbonyl (C=O) groups is 3. The lowest BCUT2D eigenvalue weighted by Gasteiger charge is -2.29. The average molecular weight is 343 g/mol. The number of methoxy groups -OCH3 is 1. The van der Waals surface area contributed by atoms with Gasteiger partial charge in [-0.05, 0) is 50.5 Å². The summed E-state index contributed by atoms with van der Waals surface area (Å²) in [5.74, 6) is -0.229. The van der Waals surface area contributed by atoms with Gasteiger partial charge in [-0.15, -0.1) is 6.58 Å². The quantitative estimate of drug-likeness (QED) is 0.451. The fourth-order valence-electron chi connectivity index (χ4n) is 3.11. The van der Waals surface area contributed by atoms with Crippen LogP contribution >= 0.6 is 0 Å². The molecule has 1 aliphatic rings. The molecule has 0 aliphatic carbocycles. The Morgan fingerprint density at radius 3 is 2.56 bits per heavy atom. The normalized spacial score (nSPS) is 20.7. The molecule has 1 atom stereocenters. The highest BCUT2D eigenvalue weighted by atomic mass is 16.5. The molecule has 5 heteroatoms. The van der Waals surface area contributed by atoms with Crippen molar-refractivity contribution in [2.45, 2.75) is 39.0 Å². The molecule has 0 bridgehead atoms. The number of benzene rings is 1. The monoisotopic (exact) mass is 343 g/mol. The van der Waals surface area contributed by atoms with Crippen molar-refractivity contribution >= 4 is 17.6 Å². The van der Waals surface area contributed by atoms with Gasteiger partial charge in [0.25, 0.3) is 5.91 Å². The van der Waals surface area contributed by atoms with Gasteiger partial charge < -0.3 is 4.74 Å². The van der Waals surface area contributed by atoms with Gasteiger partial charge in [0, 0.05) is 18.5 Å². The van der Waals surface area contributed by atoms with Gasteiger partial charge in [-0.2, -0.15) is 0 Å². The molecule has 1 fully saturated rings. The highest BCUT2D eigenvalue weighted by molar-refractivity contribution is 6.13. The van der Waals surface area contributed by atoms with Crippen LogP contribution in [0.2, 0.25) is 0 Å². The molecule has 0 aromatic heterocycles.